The first-order chi connectivity index (χ1) is 14.0. The van der Waals surface area contributed by atoms with E-state index in [-0.39, 0.29) is 11.8 Å². The van der Waals surface area contributed by atoms with Crippen molar-refractivity contribution in [2.45, 2.75) is 46.0 Å². The zero-order valence-electron chi connectivity index (χ0n) is 17.6. The largest absolute Gasteiger partial charge is 0.382 e. The highest BCUT2D eigenvalue weighted by atomic mass is 35.5. The highest BCUT2D eigenvalue weighted by Crippen LogP contribution is 2.28. The molecule has 1 aliphatic heterocycles. The summed E-state index contributed by atoms with van der Waals surface area (Å²) in [6, 6.07) is 5.60. The zero-order valence-corrected chi connectivity index (χ0v) is 18.4. The zero-order chi connectivity index (χ0) is 21.1. The van der Waals surface area contributed by atoms with Crippen LogP contribution < -0.4 is 15.5 Å². The maximum Gasteiger partial charge on any atom is 0.253 e. The molecule has 0 unspecified atom stereocenters. The Bertz CT molecular complexity index is 661. The van der Waals surface area contributed by atoms with Crippen LogP contribution in [0.2, 0.25) is 0 Å². The van der Waals surface area contributed by atoms with Crippen molar-refractivity contribution in [2.75, 3.05) is 48.9 Å². The summed E-state index contributed by atoms with van der Waals surface area (Å²) in [5.41, 5.74) is 2.17. The lowest BCUT2D eigenvalue weighted by Gasteiger charge is -2.33. The van der Waals surface area contributed by atoms with Gasteiger partial charge in [-0.15, -0.1) is 11.6 Å². The molecule has 0 atom stereocenters. The standard InChI is InChI=1S/C22H34ClN3O3/c1-3-29-15-5-12-24-22(28)19-16-18(25-21(27)6-4-11-23)7-8-20(19)26-13-9-17(2)10-14-26/h7-8,16-17H,3-6,9-15H2,1-2H3,(H,24,28)(H,25,27). The van der Waals surface area contributed by atoms with Crippen molar-refractivity contribution in [3.63, 3.8) is 0 Å². The summed E-state index contributed by atoms with van der Waals surface area (Å²) in [7, 11) is 0. The molecule has 162 valence electrons. The van der Waals surface area contributed by atoms with E-state index < -0.39 is 0 Å². The van der Waals surface area contributed by atoms with Crippen molar-refractivity contribution in [2.24, 2.45) is 5.92 Å². The molecule has 6 nitrogen and oxygen atoms in total. The van der Waals surface area contributed by atoms with E-state index in [4.69, 9.17) is 16.3 Å². The second-order valence-electron chi connectivity index (χ2n) is 7.55. The summed E-state index contributed by atoms with van der Waals surface area (Å²) in [6.45, 7) is 7.96. The van der Waals surface area contributed by atoms with Crippen molar-refractivity contribution in [1.29, 1.82) is 0 Å². The average molecular weight is 424 g/mol. The van der Waals surface area contributed by atoms with Gasteiger partial charge in [-0.2, -0.15) is 0 Å². The van der Waals surface area contributed by atoms with Gasteiger partial charge in [-0.3, -0.25) is 9.59 Å². The molecule has 1 aliphatic rings. The number of carbonyl (C=O) groups is 2. The molecule has 7 heteroatoms. The summed E-state index contributed by atoms with van der Waals surface area (Å²) < 4.78 is 5.33. The Morgan fingerprint density at radius 3 is 2.69 bits per heavy atom. The number of rotatable bonds is 11. The number of hydrogen-bond donors (Lipinski definition) is 2. The molecule has 0 radical (unpaired) electrons. The molecule has 1 fully saturated rings. The molecule has 1 aromatic rings. The van der Waals surface area contributed by atoms with Crippen LogP contribution in [-0.2, 0) is 9.53 Å². The second-order valence-corrected chi connectivity index (χ2v) is 7.93. The summed E-state index contributed by atoms with van der Waals surface area (Å²) in [5.74, 6) is 0.956. The highest BCUT2D eigenvalue weighted by Gasteiger charge is 2.21. The molecule has 2 rings (SSSR count). The Morgan fingerprint density at radius 2 is 2.00 bits per heavy atom. The first-order valence-corrected chi connectivity index (χ1v) is 11.2. The summed E-state index contributed by atoms with van der Waals surface area (Å²) in [4.78, 5) is 27.2. The van der Waals surface area contributed by atoms with Crippen LogP contribution in [0.5, 0.6) is 0 Å². The number of nitrogens with one attached hydrogen (secondary N) is 2. The van der Waals surface area contributed by atoms with Crippen molar-refractivity contribution >= 4 is 34.8 Å². The van der Waals surface area contributed by atoms with Crippen molar-refractivity contribution in [1.82, 2.24) is 5.32 Å². The van der Waals surface area contributed by atoms with Crippen LogP contribution >= 0.6 is 11.6 Å². The van der Waals surface area contributed by atoms with E-state index in [1.165, 1.54) is 0 Å². The Labute approximate surface area is 179 Å². The van der Waals surface area contributed by atoms with Crippen molar-refractivity contribution in [3.05, 3.63) is 23.8 Å². The average Bonchev–Trinajstić information content (AvgIpc) is 2.72. The molecule has 29 heavy (non-hydrogen) atoms. The monoisotopic (exact) mass is 423 g/mol. The third-order valence-corrected chi connectivity index (χ3v) is 5.41. The number of alkyl halides is 1. The number of halogens is 1. The fourth-order valence-corrected chi connectivity index (χ4v) is 3.52. The normalized spacial score (nSPS) is 14.7. The lowest BCUT2D eigenvalue weighted by atomic mass is 9.97. The van der Waals surface area contributed by atoms with Gasteiger partial charge in [0.15, 0.2) is 0 Å². The van der Waals surface area contributed by atoms with Crippen LogP contribution in [0.25, 0.3) is 0 Å². The molecule has 1 saturated heterocycles. The van der Waals surface area contributed by atoms with Crippen molar-refractivity contribution < 1.29 is 14.3 Å². The third-order valence-electron chi connectivity index (χ3n) is 5.14. The van der Waals surface area contributed by atoms with Gasteiger partial charge in [-0.1, -0.05) is 6.92 Å². The summed E-state index contributed by atoms with van der Waals surface area (Å²) >= 11 is 5.67. The van der Waals surface area contributed by atoms with Crippen LogP contribution in [0.3, 0.4) is 0 Å². The molecule has 2 N–H and O–H groups in total. The van der Waals surface area contributed by atoms with Gasteiger partial charge < -0.3 is 20.3 Å². The minimum Gasteiger partial charge on any atom is -0.382 e. The Kier molecular flexibility index (Phi) is 10.3. The molecular weight excluding hydrogens is 390 g/mol. The maximum atomic E-state index is 12.9. The van der Waals surface area contributed by atoms with E-state index >= 15 is 0 Å². The second kappa shape index (κ2) is 12.7. The van der Waals surface area contributed by atoms with Crippen LogP contribution in [0.4, 0.5) is 11.4 Å². The number of hydrogen-bond acceptors (Lipinski definition) is 4. The van der Waals surface area contributed by atoms with Gasteiger partial charge in [-0.05, 0) is 56.7 Å². The Balaban J connectivity index is 2.12. The molecule has 0 spiro atoms. The Hall–Kier alpha value is -1.79. The summed E-state index contributed by atoms with van der Waals surface area (Å²) in [5, 5.41) is 5.86. The number of ether oxygens (including phenoxy) is 1. The number of anilines is 2. The topological polar surface area (TPSA) is 70.7 Å². The first kappa shape index (κ1) is 23.5. The number of piperidine rings is 1. The minimum absolute atomic E-state index is 0.0896. The van der Waals surface area contributed by atoms with Crippen LogP contribution in [0.1, 0.15) is 56.3 Å². The van der Waals surface area contributed by atoms with Crippen LogP contribution in [0.15, 0.2) is 18.2 Å². The molecule has 0 aliphatic carbocycles. The maximum absolute atomic E-state index is 12.9. The van der Waals surface area contributed by atoms with Gasteiger partial charge >= 0.3 is 0 Å². The quantitative estimate of drug-likeness (QED) is 0.416. The van der Waals surface area contributed by atoms with E-state index in [0.717, 1.165) is 38.0 Å². The third kappa shape index (κ3) is 7.86. The van der Waals surface area contributed by atoms with Gasteiger partial charge in [-0.25, -0.2) is 0 Å². The molecule has 0 saturated carbocycles. The number of nitrogens with zero attached hydrogens (tertiary/aromatic N) is 1. The first-order valence-electron chi connectivity index (χ1n) is 10.7. The van der Waals surface area contributed by atoms with E-state index in [1.807, 2.05) is 19.1 Å². The van der Waals surface area contributed by atoms with Gasteiger partial charge in [0.05, 0.1) is 5.56 Å². The smallest absolute Gasteiger partial charge is 0.253 e. The highest BCUT2D eigenvalue weighted by molar-refractivity contribution is 6.18. The molecular formula is C22H34ClN3O3. The van der Waals surface area contributed by atoms with Gasteiger partial charge in [0, 0.05) is 56.5 Å². The number of carbonyl (C=O) groups excluding carboxylic acids is 2. The van der Waals surface area contributed by atoms with Crippen LogP contribution in [0, 0.1) is 5.92 Å². The van der Waals surface area contributed by atoms with E-state index in [1.54, 1.807) is 6.07 Å². The SMILES string of the molecule is CCOCCCNC(=O)c1cc(NC(=O)CCCCl)ccc1N1CCC(C)CC1. The molecule has 1 aromatic carbocycles. The molecule has 0 aromatic heterocycles. The van der Waals surface area contributed by atoms with Crippen LogP contribution in [-0.4, -0.2) is 50.5 Å². The molecule has 2 amide bonds. The van der Waals surface area contributed by atoms with Gasteiger partial charge in [0.1, 0.15) is 0 Å². The fourth-order valence-electron chi connectivity index (χ4n) is 3.39. The lowest BCUT2D eigenvalue weighted by Crippen LogP contribution is -2.35. The number of amides is 2. The predicted octanol–water partition coefficient (Wildman–Crippen LogP) is 4.04. The van der Waals surface area contributed by atoms with E-state index in [9.17, 15) is 9.59 Å². The van der Waals surface area contributed by atoms with E-state index in [2.05, 4.69) is 22.5 Å². The summed E-state index contributed by atoms with van der Waals surface area (Å²) in [6.07, 6.45) is 4.00. The Morgan fingerprint density at radius 1 is 1.24 bits per heavy atom. The predicted molar refractivity (Wildman–Crippen MR) is 119 cm³/mol. The van der Waals surface area contributed by atoms with E-state index in [0.29, 0.717) is 55.6 Å². The minimum atomic E-state index is -0.119. The molecule has 1 heterocycles. The number of benzene rings is 1. The lowest BCUT2D eigenvalue weighted by molar-refractivity contribution is -0.116. The molecule has 0 bridgehead atoms. The van der Waals surface area contributed by atoms with Gasteiger partial charge in [0.25, 0.3) is 5.91 Å². The fraction of sp³-hybridized carbons (Fsp3) is 0.636. The van der Waals surface area contributed by atoms with Gasteiger partial charge in [0.2, 0.25) is 5.91 Å². The van der Waals surface area contributed by atoms with Crippen molar-refractivity contribution in [3.8, 4) is 0 Å².